The van der Waals surface area contributed by atoms with E-state index in [-0.39, 0.29) is 23.9 Å². The normalized spacial score (nSPS) is 18.5. The molecule has 7 heteroatoms. The molecule has 2 heterocycles. The fourth-order valence-electron chi connectivity index (χ4n) is 3.69. The predicted octanol–water partition coefficient (Wildman–Crippen LogP) is 3.37. The van der Waals surface area contributed by atoms with Crippen LogP contribution in [0, 0.1) is 0 Å². The summed E-state index contributed by atoms with van der Waals surface area (Å²) < 4.78 is 10.9. The standard InChI is InChI=1S/C24H31N3O4/c1-17-15-27(16-18(2)31-17)23-12-7-19(13-25-23)14-26-24(29)6-4-5-22(28)20-8-10-21(30-3)11-9-20/h7-13,17-18H,4-6,14-16H2,1-3H3,(H,26,29). The van der Waals surface area contributed by atoms with Gasteiger partial charge in [0, 0.05) is 44.2 Å². The lowest BCUT2D eigenvalue weighted by Crippen LogP contribution is -2.45. The summed E-state index contributed by atoms with van der Waals surface area (Å²) in [5.74, 6) is 1.60. The van der Waals surface area contributed by atoms with Gasteiger partial charge in [-0.3, -0.25) is 9.59 Å². The molecule has 1 fully saturated rings. The van der Waals surface area contributed by atoms with Crippen LogP contribution in [0.25, 0.3) is 0 Å². The number of carbonyl (C=O) groups is 2. The Morgan fingerprint density at radius 3 is 2.42 bits per heavy atom. The minimum Gasteiger partial charge on any atom is -0.497 e. The quantitative estimate of drug-likeness (QED) is 0.621. The van der Waals surface area contributed by atoms with E-state index in [4.69, 9.17) is 9.47 Å². The van der Waals surface area contributed by atoms with Crippen molar-refractivity contribution in [2.75, 3.05) is 25.1 Å². The number of nitrogens with zero attached hydrogens (tertiary/aromatic N) is 2. The molecule has 1 N–H and O–H groups in total. The molecule has 1 aliphatic heterocycles. The Bertz CT molecular complexity index is 857. The number of morpholine rings is 1. The summed E-state index contributed by atoms with van der Waals surface area (Å²) in [6, 6.07) is 11.0. The van der Waals surface area contributed by atoms with Crippen LogP contribution in [-0.4, -0.2) is 49.1 Å². The van der Waals surface area contributed by atoms with E-state index in [2.05, 4.69) is 29.0 Å². The first kappa shape index (κ1) is 22.7. The predicted molar refractivity (Wildman–Crippen MR) is 119 cm³/mol. The molecule has 1 aromatic heterocycles. The van der Waals surface area contributed by atoms with Gasteiger partial charge in [0.05, 0.1) is 19.3 Å². The number of amides is 1. The van der Waals surface area contributed by atoms with E-state index in [1.165, 1.54) is 0 Å². The maximum Gasteiger partial charge on any atom is 0.220 e. The summed E-state index contributed by atoms with van der Waals surface area (Å²) in [6.45, 7) is 6.20. The molecule has 0 saturated carbocycles. The van der Waals surface area contributed by atoms with Crippen molar-refractivity contribution in [2.24, 2.45) is 0 Å². The van der Waals surface area contributed by atoms with Crippen LogP contribution >= 0.6 is 0 Å². The molecular weight excluding hydrogens is 394 g/mol. The Morgan fingerprint density at radius 2 is 1.81 bits per heavy atom. The third kappa shape index (κ3) is 6.79. The number of Topliss-reactive ketones (excluding diaryl/α,β-unsaturated/α-hetero) is 1. The highest BCUT2D eigenvalue weighted by molar-refractivity contribution is 5.96. The second-order valence-corrected chi connectivity index (χ2v) is 7.97. The Morgan fingerprint density at radius 1 is 1.10 bits per heavy atom. The maximum absolute atomic E-state index is 12.2. The van der Waals surface area contributed by atoms with Crippen molar-refractivity contribution in [2.45, 2.75) is 51.9 Å². The SMILES string of the molecule is COc1ccc(C(=O)CCCC(=O)NCc2ccc(N3CC(C)OC(C)C3)nc2)cc1. The Labute approximate surface area is 183 Å². The molecule has 1 amide bonds. The van der Waals surface area contributed by atoms with Crippen LogP contribution in [0.5, 0.6) is 5.75 Å². The molecule has 0 bridgehead atoms. The highest BCUT2D eigenvalue weighted by Gasteiger charge is 2.23. The van der Waals surface area contributed by atoms with Gasteiger partial charge in [-0.25, -0.2) is 4.98 Å². The van der Waals surface area contributed by atoms with Gasteiger partial charge in [-0.2, -0.15) is 0 Å². The van der Waals surface area contributed by atoms with Gasteiger partial charge < -0.3 is 19.7 Å². The molecule has 166 valence electrons. The van der Waals surface area contributed by atoms with Crippen LogP contribution in [0.4, 0.5) is 5.82 Å². The van der Waals surface area contributed by atoms with Crippen LogP contribution < -0.4 is 15.0 Å². The maximum atomic E-state index is 12.2. The molecule has 0 radical (unpaired) electrons. The number of carbonyl (C=O) groups excluding carboxylic acids is 2. The average molecular weight is 426 g/mol. The van der Waals surface area contributed by atoms with Gasteiger partial charge in [-0.05, 0) is 56.2 Å². The number of anilines is 1. The molecule has 1 aromatic carbocycles. The van der Waals surface area contributed by atoms with Gasteiger partial charge in [-0.1, -0.05) is 6.07 Å². The van der Waals surface area contributed by atoms with Gasteiger partial charge in [0.2, 0.25) is 5.91 Å². The average Bonchev–Trinajstić information content (AvgIpc) is 2.77. The van der Waals surface area contributed by atoms with Gasteiger partial charge in [0.25, 0.3) is 0 Å². The van der Waals surface area contributed by atoms with E-state index in [1.807, 2.05) is 12.1 Å². The van der Waals surface area contributed by atoms with Gasteiger partial charge >= 0.3 is 0 Å². The Balaban J connectivity index is 1.38. The zero-order chi connectivity index (χ0) is 22.2. The molecule has 2 unspecified atom stereocenters. The second-order valence-electron chi connectivity index (χ2n) is 7.97. The van der Waals surface area contributed by atoms with E-state index < -0.39 is 0 Å². The molecule has 31 heavy (non-hydrogen) atoms. The highest BCUT2D eigenvalue weighted by Crippen LogP contribution is 2.18. The molecule has 1 saturated heterocycles. The number of hydrogen-bond donors (Lipinski definition) is 1. The number of ketones is 1. The lowest BCUT2D eigenvalue weighted by molar-refractivity contribution is -0.121. The van der Waals surface area contributed by atoms with Crippen molar-refractivity contribution in [3.05, 3.63) is 53.7 Å². The summed E-state index contributed by atoms with van der Waals surface area (Å²) in [5.41, 5.74) is 1.58. The number of nitrogens with one attached hydrogen (secondary N) is 1. The molecule has 1 aliphatic rings. The fraction of sp³-hybridized carbons (Fsp3) is 0.458. The number of ether oxygens (including phenoxy) is 2. The number of pyridine rings is 1. The van der Waals surface area contributed by atoms with E-state index in [0.29, 0.717) is 37.1 Å². The topological polar surface area (TPSA) is 80.8 Å². The van der Waals surface area contributed by atoms with Crippen molar-refractivity contribution in [1.29, 1.82) is 0 Å². The lowest BCUT2D eigenvalue weighted by Gasteiger charge is -2.36. The van der Waals surface area contributed by atoms with Crippen LogP contribution in [0.2, 0.25) is 0 Å². The van der Waals surface area contributed by atoms with Crippen LogP contribution in [0.15, 0.2) is 42.6 Å². The van der Waals surface area contributed by atoms with Crippen LogP contribution in [0.3, 0.4) is 0 Å². The third-order valence-electron chi connectivity index (χ3n) is 5.26. The van der Waals surface area contributed by atoms with Crippen molar-refractivity contribution in [3.63, 3.8) is 0 Å². The first-order valence-electron chi connectivity index (χ1n) is 10.7. The first-order valence-corrected chi connectivity index (χ1v) is 10.7. The number of aromatic nitrogens is 1. The summed E-state index contributed by atoms with van der Waals surface area (Å²) in [7, 11) is 1.59. The zero-order valence-electron chi connectivity index (χ0n) is 18.5. The zero-order valence-corrected chi connectivity index (χ0v) is 18.5. The molecule has 2 aromatic rings. The van der Waals surface area contributed by atoms with Gasteiger partial charge in [0.15, 0.2) is 5.78 Å². The number of rotatable bonds is 9. The van der Waals surface area contributed by atoms with Crippen molar-refractivity contribution >= 4 is 17.5 Å². The Hall–Kier alpha value is -2.93. The summed E-state index contributed by atoms with van der Waals surface area (Å²) in [6.07, 6.45) is 3.33. The van der Waals surface area contributed by atoms with Crippen molar-refractivity contribution in [1.82, 2.24) is 10.3 Å². The summed E-state index contributed by atoms with van der Waals surface area (Å²) in [5, 5.41) is 2.90. The van der Waals surface area contributed by atoms with Crippen LogP contribution in [0.1, 0.15) is 49.0 Å². The van der Waals surface area contributed by atoms with E-state index >= 15 is 0 Å². The summed E-state index contributed by atoms with van der Waals surface area (Å²) in [4.78, 5) is 31.1. The Kier molecular flexibility index (Phi) is 8.00. The molecule has 7 nitrogen and oxygen atoms in total. The molecule has 0 aliphatic carbocycles. The monoisotopic (exact) mass is 425 g/mol. The molecule has 3 rings (SSSR count). The fourth-order valence-corrected chi connectivity index (χ4v) is 3.69. The van der Waals surface area contributed by atoms with Crippen molar-refractivity contribution < 1.29 is 19.1 Å². The minimum absolute atomic E-state index is 0.0296. The summed E-state index contributed by atoms with van der Waals surface area (Å²) >= 11 is 0. The molecule has 0 spiro atoms. The van der Waals surface area contributed by atoms with E-state index in [0.717, 1.165) is 24.5 Å². The van der Waals surface area contributed by atoms with Gasteiger partial charge in [0.1, 0.15) is 11.6 Å². The number of methoxy groups -OCH3 is 1. The third-order valence-corrected chi connectivity index (χ3v) is 5.26. The van der Waals surface area contributed by atoms with Crippen LogP contribution in [-0.2, 0) is 16.1 Å². The van der Waals surface area contributed by atoms with E-state index in [9.17, 15) is 9.59 Å². The lowest BCUT2D eigenvalue weighted by atomic mass is 10.1. The van der Waals surface area contributed by atoms with Crippen molar-refractivity contribution in [3.8, 4) is 5.75 Å². The minimum atomic E-state index is -0.0672. The largest absolute Gasteiger partial charge is 0.497 e. The smallest absolute Gasteiger partial charge is 0.220 e. The molecule has 2 atom stereocenters. The molecular formula is C24H31N3O4. The number of hydrogen-bond acceptors (Lipinski definition) is 6. The van der Waals surface area contributed by atoms with Gasteiger partial charge in [-0.15, -0.1) is 0 Å². The number of benzene rings is 1. The second kappa shape index (κ2) is 10.9. The van der Waals surface area contributed by atoms with E-state index in [1.54, 1.807) is 37.6 Å². The first-order chi connectivity index (χ1) is 14.9. The highest BCUT2D eigenvalue weighted by atomic mass is 16.5.